The van der Waals surface area contributed by atoms with Crippen LogP contribution in [0.4, 0.5) is 0 Å². The number of hydrogen-bond donors (Lipinski definition) is 2. The first-order valence-corrected chi connectivity index (χ1v) is 10.0. The van der Waals surface area contributed by atoms with E-state index in [-0.39, 0.29) is 17.0 Å². The van der Waals surface area contributed by atoms with Crippen molar-refractivity contribution in [1.29, 1.82) is 0 Å². The SMILES string of the molecule is Cc1ccc(S(=O)(=O)N2CCC[C@H](C(=O)NNC(=O)c3ccoc3)C2)cc1. The minimum absolute atomic E-state index is 0.0730. The van der Waals surface area contributed by atoms with Crippen LogP contribution in [-0.2, 0) is 14.8 Å². The monoisotopic (exact) mass is 391 g/mol. The number of piperidine rings is 1. The van der Waals surface area contributed by atoms with E-state index >= 15 is 0 Å². The molecule has 3 rings (SSSR count). The Hall–Kier alpha value is -2.65. The minimum Gasteiger partial charge on any atom is -0.472 e. The molecule has 0 bridgehead atoms. The van der Waals surface area contributed by atoms with Crippen LogP contribution in [0.15, 0.2) is 52.2 Å². The lowest BCUT2D eigenvalue weighted by atomic mass is 9.99. The van der Waals surface area contributed by atoms with E-state index in [1.54, 1.807) is 24.3 Å². The van der Waals surface area contributed by atoms with Gasteiger partial charge in [0.05, 0.1) is 22.6 Å². The van der Waals surface area contributed by atoms with Gasteiger partial charge in [0, 0.05) is 13.1 Å². The first kappa shape index (κ1) is 19.1. The maximum Gasteiger partial charge on any atom is 0.272 e. The van der Waals surface area contributed by atoms with Gasteiger partial charge in [0.25, 0.3) is 5.91 Å². The van der Waals surface area contributed by atoms with Crippen molar-refractivity contribution >= 4 is 21.8 Å². The van der Waals surface area contributed by atoms with E-state index < -0.39 is 27.8 Å². The largest absolute Gasteiger partial charge is 0.472 e. The number of sulfonamides is 1. The van der Waals surface area contributed by atoms with E-state index in [1.165, 1.54) is 22.9 Å². The van der Waals surface area contributed by atoms with E-state index in [0.717, 1.165) is 5.56 Å². The van der Waals surface area contributed by atoms with Crippen LogP contribution in [0.25, 0.3) is 0 Å². The van der Waals surface area contributed by atoms with Crippen LogP contribution in [0.5, 0.6) is 0 Å². The first-order chi connectivity index (χ1) is 12.9. The average Bonchev–Trinajstić information content (AvgIpc) is 3.21. The number of amides is 2. The summed E-state index contributed by atoms with van der Waals surface area (Å²) < 4.78 is 31.7. The first-order valence-electron chi connectivity index (χ1n) is 8.57. The van der Waals surface area contributed by atoms with Gasteiger partial charge in [-0.25, -0.2) is 8.42 Å². The molecule has 2 aromatic rings. The van der Waals surface area contributed by atoms with Gasteiger partial charge in [0.2, 0.25) is 15.9 Å². The fourth-order valence-electron chi connectivity index (χ4n) is 2.92. The Bertz CT molecular complexity index is 907. The Balaban J connectivity index is 1.62. The molecule has 9 heteroatoms. The van der Waals surface area contributed by atoms with Crippen molar-refractivity contribution in [3.63, 3.8) is 0 Å². The van der Waals surface area contributed by atoms with Gasteiger partial charge >= 0.3 is 0 Å². The molecule has 2 heterocycles. The molecule has 27 heavy (non-hydrogen) atoms. The highest BCUT2D eigenvalue weighted by molar-refractivity contribution is 7.89. The Morgan fingerprint density at radius 2 is 1.89 bits per heavy atom. The van der Waals surface area contributed by atoms with Crippen molar-refractivity contribution in [3.05, 3.63) is 54.0 Å². The number of benzene rings is 1. The summed E-state index contributed by atoms with van der Waals surface area (Å²) in [5.41, 5.74) is 5.92. The van der Waals surface area contributed by atoms with Crippen LogP contribution < -0.4 is 10.9 Å². The summed E-state index contributed by atoms with van der Waals surface area (Å²) >= 11 is 0. The van der Waals surface area contributed by atoms with Crippen molar-refractivity contribution < 1.29 is 22.4 Å². The smallest absolute Gasteiger partial charge is 0.272 e. The lowest BCUT2D eigenvalue weighted by Crippen LogP contribution is -2.49. The number of furan rings is 1. The molecule has 1 aromatic heterocycles. The highest BCUT2D eigenvalue weighted by atomic mass is 32.2. The molecule has 0 aliphatic carbocycles. The van der Waals surface area contributed by atoms with E-state index in [1.807, 2.05) is 6.92 Å². The van der Waals surface area contributed by atoms with Gasteiger partial charge in [-0.15, -0.1) is 0 Å². The predicted molar refractivity (Wildman–Crippen MR) is 97.0 cm³/mol. The second-order valence-electron chi connectivity index (χ2n) is 6.47. The topological polar surface area (TPSA) is 109 Å². The molecule has 0 unspecified atom stereocenters. The van der Waals surface area contributed by atoms with E-state index in [2.05, 4.69) is 10.9 Å². The molecule has 0 saturated carbocycles. The second-order valence-corrected chi connectivity index (χ2v) is 8.41. The Labute approximate surface area is 157 Å². The molecule has 144 valence electrons. The van der Waals surface area contributed by atoms with Crippen LogP contribution in [0.2, 0.25) is 0 Å². The summed E-state index contributed by atoms with van der Waals surface area (Å²) in [5, 5.41) is 0. The van der Waals surface area contributed by atoms with Crippen molar-refractivity contribution in [2.75, 3.05) is 13.1 Å². The Kier molecular flexibility index (Phi) is 5.62. The van der Waals surface area contributed by atoms with Crippen LogP contribution in [-0.4, -0.2) is 37.6 Å². The number of hydrazine groups is 1. The third-order valence-electron chi connectivity index (χ3n) is 4.50. The molecule has 1 saturated heterocycles. The minimum atomic E-state index is -3.66. The summed E-state index contributed by atoms with van der Waals surface area (Å²) in [6.07, 6.45) is 3.73. The fraction of sp³-hybridized carbons (Fsp3) is 0.333. The van der Waals surface area contributed by atoms with Crippen LogP contribution in [0.3, 0.4) is 0 Å². The van der Waals surface area contributed by atoms with Crippen LogP contribution in [0, 0.1) is 12.8 Å². The molecule has 0 radical (unpaired) electrons. The quantitative estimate of drug-likeness (QED) is 0.767. The number of hydrogen-bond acceptors (Lipinski definition) is 5. The van der Waals surface area contributed by atoms with Gasteiger partial charge in [0.1, 0.15) is 6.26 Å². The lowest BCUT2D eigenvalue weighted by molar-refractivity contribution is -0.126. The summed E-state index contributed by atoms with van der Waals surface area (Å²) in [5.74, 6) is -1.46. The van der Waals surface area contributed by atoms with Gasteiger partial charge in [-0.2, -0.15) is 4.31 Å². The van der Waals surface area contributed by atoms with E-state index in [9.17, 15) is 18.0 Å². The molecule has 1 aliphatic heterocycles. The molecular formula is C18H21N3O5S. The van der Waals surface area contributed by atoms with E-state index in [4.69, 9.17) is 4.42 Å². The number of aryl methyl sites for hydroxylation is 1. The molecule has 1 aliphatic rings. The zero-order valence-corrected chi connectivity index (χ0v) is 15.7. The molecule has 2 N–H and O–H groups in total. The van der Waals surface area contributed by atoms with Gasteiger partial charge in [-0.3, -0.25) is 20.4 Å². The summed E-state index contributed by atoms with van der Waals surface area (Å²) in [7, 11) is -3.66. The number of carbonyl (C=O) groups excluding carboxylic acids is 2. The van der Waals surface area contributed by atoms with Crippen LogP contribution in [0.1, 0.15) is 28.8 Å². The van der Waals surface area contributed by atoms with Crippen molar-refractivity contribution in [2.45, 2.75) is 24.7 Å². The average molecular weight is 391 g/mol. The number of nitrogens with zero attached hydrogens (tertiary/aromatic N) is 1. The molecule has 0 spiro atoms. The van der Waals surface area contributed by atoms with Crippen molar-refractivity contribution in [2.24, 2.45) is 5.92 Å². The maximum atomic E-state index is 12.8. The summed E-state index contributed by atoms with van der Waals surface area (Å²) in [6.45, 7) is 2.32. The number of nitrogens with one attached hydrogen (secondary N) is 2. The summed E-state index contributed by atoms with van der Waals surface area (Å²) in [4.78, 5) is 24.4. The van der Waals surface area contributed by atoms with Gasteiger partial charge in [0.15, 0.2) is 0 Å². The highest BCUT2D eigenvalue weighted by Crippen LogP contribution is 2.24. The third kappa shape index (κ3) is 4.37. The molecule has 8 nitrogen and oxygen atoms in total. The van der Waals surface area contributed by atoms with Gasteiger partial charge < -0.3 is 4.42 Å². The number of rotatable bonds is 4. The lowest BCUT2D eigenvalue weighted by Gasteiger charge is -2.31. The van der Waals surface area contributed by atoms with E-state index in [0.29, 0.717) is 19.4 Å². The molecule has 2 amide bonds. The molecule has 1 fully saturated rings. The normalized spacial score (nSPS) is 18.0. The highest BCUT2D eigenvalue weighted by Gasteiger charge is 2.33. The third-order valence-corrected chi connectivity index (χ3v) is 6.38. The molecule has 1 aromatic carbocycles. The summed E-state index contributed by atoms with van der Waals surface area (Å²) in [6, 6.07) is 8.09. The molecular weight excluding hydrogens is 370 g/mol. The Morgan fingerprint density at radius 3 is 2.56 bits per heavy atom. The Morgan fingerprint density at radius 1 is 1.15 bits per heavy atom. The van der Waals surface area contributed by atoms with Gasteiger partial charge in [-0.1, -0.05) is 17.7 Å². The standard InChI is InChI=1S/C18H21N3O5S/c1-13-4-6-16(7-5-13)27(24,25)21-9-2-3-14(11-21)17(22)19-20-18(23)15-8-10-26-12-15/h4-8,10,12,14H,2-3,9,11H2,1H3,(H,19,22)(H,20,23)/t14-/m0/s1. The van der Waals surface area contributed by atoms with Gasteiger partial charge in [-0.05, 0) is 38.0 Å². The fourth-order valence-corrected chi connectivity index (χ4v) is 4.44. The predicted octanol–water partition coefficient (Wildman–Crippen LogP) is 1.45. The maximum absolute atomic E-state index is 12.8. The van der Waals surface area contributed by atoms with Crippen LogP contribution >= 0.6 is 0 Å². The molecule has 1 atom stereocenters. The zero-order valence-electron chi connectivity index (χ0n) is 14.8. The number of carbonyl (C=O) groups is 2. The van der Waals surface area contributed by atoms with Crippen molar-refractivity contribution in [1.82, 2.24) is 15.2 Å². The van der Waals surface area contributed by atoms with Crippen molar-refractivity contribution in [3.8, 4) is 0 Å². The second kappa shape index (κ2) is 7.93. The zero-order chi connectivity index (χ0) is 19.4.